The van der Waals surface area contributed by atoms with Gasteiger partial charge in [0.15, 0.2) is 0 Å². The average molecular weight is 392 g/mol. The number of alkyl halides is 1. The molecule has 1 fully saturated rings. The van der Waals surface area contributed by atoms with Crippen LogP contribution in [0.15, 0.2) is 30.7 Å². The number of amides is 1. The third kappa shape index (κ3) is 3.40. The van der Waals surface area contributed by atoms with Crippen molar-refractivity contribution in [1.82, 2.24) is 14.5 Å². The second kappa shape index (κ2) is 7.17. The van der Waals surface area contributed by atoms with Crippen molar-refractivity contribution >= 4 is 34.0 Å². The molecule has 0 spiro atoms. The molecule has 2 aromatic heterocycles. The van der Waals surface area contributed by atoms with Crippen molar-refractivity contribution in [2.24, 2.45) is 13.0 Å². The van der Waals surface area contributed by atoms with Gasteiger partial charge in [0.1, 0.15) is 23.5 Å². The first-order valence-corrected chi connectivity index (χ1v) is 9.45. The monoisotopic (exact) mass is 392 g/mol. The predicted octanol–water partition coefficient (Wildman–Crippen LogP) is 3.47. The van der Waals surface area contributed by atoms with E-state index in [4.69, 9.17) is 5.26 Å². The molecular formula is C21H21FN6O. The van der Waals surface area contributed by atoms with Crippen LogP contribution in [0.3, 0.4) is 0 Å². The van der Waals surface area contributed by atoms with Crippen molar-refractivity contribution in [3.05, 3.63) is 42.0 Å². The predicted molar refractivity (Wildman–Crippen MR) is 109 cm³/mol. The maximum Gasteiger partial charge on any atom is 0.230 e. The van der Waals surface area contributed by atoms with E-state index in [1.54, 1.807) is 18.6 Å². The maximum atomic E-state index is 13.3. The highest BCUT2D eigenvalue weighted by Crippen LogP contribution is 2.37. The number of aryl methyl sites for hydroxylation is 2. The van der Waals surface area contributed by atoms with Crippen molar-refractivity contribution in [3.8, 4) is 6.07 Å². The Kier molecular flexibility index (Phi) is 4.66. The molecule has 0 unspecified atom stereocenters. The summed E-state index contributed by atoms with van der Waals surface area (Å²) >= 11 is 0. The normalized spacial score (nSPS) is 17.8. The fourth-order valence-corrected chi connectivity index (χ4v) is 3.44. The number of fused-ring (bicyclic) bond motifs is 1. The van der Waals surface area contributed by atoms with Gasteiger partial charge in [0.25, 0.3) is 0 Å². The Balaban J connectivity index is 1.76. The number of nitrogens with zero attached hydrogens (tertiary/aromatic N) is 5. The van der Waals surface area contributed by atoms with Crippen LogP contribution in [0.25, 0.3) is 11.0 Å². The molecule has 0 saturated heterocycles. The first kappa shape index (κ1) is 18.9. The van der Waals surface area contributed by atoms with Gasteiger partial charge in [-0.25, -0.2) is 14.4 Å². The van der Waals surface area contributed by atoms with E-state index in [-0.39, 0.29) is 12.3 Å². The van der Waals surface area contributed by atoms with E-state index in [0.717, 1.165) is 28.9 Å². The Morgan fingerprint density at radius 2 is 2.17 bits per heavy atom. The quantitative estimate of drug-likeness (QED) is 0.718. The summed E-state index contributed by atoms with van der Waals surface area (Å²) in [6, 6.07) is 7.66. The minimum Gasteiger partial charge on any atom is -0.343 e. The van der Waals surface area contributed by atoms with Crippen LogP contribution in [0.4, 0.5) is 21.5 Å². The fraction of sp³-hybridized carbons (Fsp3) is 0.333. The van der Waals surface area contributed by atoms with Crippen molar-refractivity contribution in [2.45, 2.75) is 25.9 Å². The van der Waals surface area contributed by atoms with Crippen LogP contribution in [-0.4, -0.2) is 33.7 Å². The Morgan fingerprint density at radius 3 is 2.83 bits per heavy atom. The maximum absolute atomic E-state index is 13.3. The first-order valence-electron chi connectivity index (χ1n) is 9.45. The van der Waals surface area contributed by atoms with Gasteiger partial charge in [-0.2, -0.15) is 5.26 Å². The van der Waals surface area contributed by atoms with Crippen molar-refractivity contribution < 1.29 is 9.18 Å². The third-order valence-electron chi connectivity index (χ3n) is 5.33. The van der Waals surface area contributed by atoms with Crippen LogP contribution in [0.5, 0.6) is 0 Å². The Labute approximate surface area is 167 Å². The number of rotatable bonds is 5. The standard InChI is InChI=1S/C21H21FN6O/c1-4-12-5-13(9-23)24-10-19(12)28(3)14-6-17(26-21(29)15-8-16(15)22)20-18(7-14)27(2)11-25-20/h5-7,10-11,15-16H,4,8H2,1-3H3,(H,26,29)/t15-,16+/m0/s1. The lowest BCUT2D eigenvalue weighted by Gasteiger charge is -2.23. The lowest BCUT2D eigenvalue weighted by molar-refractivity contribution is -0.117. The number of benzene rings is 1. The largest absolute Gasteiger partial charge is 0.343 e. The summed E-state index contributed by atoms with van der Waals surface area (Å²) in [6.07, 6.45) is 3.32. The molecule has 1 aromatic carbocycles. The van der Waals surface area contributed by atoms with E-state index in [0.29, 0.717) is 16.9 Å². The molecule has 0 radical (unpaired) electrons. The zero-order chi connectivity index (χ0) is 20.7. The number of carbonyl (C=O) groups excluding carboxylic acids is 1. The smallest absolute Gasteiger partial charge is 0.230 e. The highest BCUT2D eigenvalue weighted by atomic mass is 19.1. The number of nitriles is 1. The van der Waals surface area contributed by atoms with Gasteiger partial charge in [-0.1, -0.05) is 6.92 Å². The van der Waals surface area contributed by atoms with Crippen LogP contribution in [0.2, 0.25) is 0 Å². The van der Waals surface area contributed by atoms with Crippen LogP contribution in [0, 0.1) is 17.2 Å². The molecule has 0 aliphatic heterocycles. The summed E-state index contributed by atoms with van der Waals surface area (Å²) in [5, 5.41) is 12.0. The number of aromatic nitrogens is 3. The van der Waals surface area contributed by atoms with E-state index in [2.05, 4.69) is 21.4 Å². The summed E-state index contributed by atoms with van der Waals surface area (Å²) < 4.78 is 15.2. The molecule has 1 saturated carbocycles. The second-order valence-corrected chi connectivity index (χ2v) is 7.29. The SMILES string of the molecule is CCc1cc(C#N)ncc1N(C)c1cc(NC(=O)[C@H]2C[C@H]2F)c2ncn(C)c2c1. The average Bonchev–Trinajstić information content (AvgIpc) is 3.36. The minimum absolute atomic E-state index is 0.271. The molecule has 1 aliphatic rings. The fourth-order valence-electron chi connectivity index (χ4n) is 3.44. The first-order chi connectivity index (χ1) is 13.9. The summed E-state index contributed by atoms with van der Waals surface area (Å²) in [5.74, 6) is -0.900. The summed E-state index contributed by atoms with van der Waals surface area (Å²) in [7, 11) is 3.79. The molecule has 1 amide bonds. The summed E-state index contributed by atoms with van der Waals surface area (Å²) in [6.45, 7) is 2.02. The number of hydrogen-bond acceptors (Lipinski definition) is 5. The number of carbonyl (C=O) groups is 1. The lowest BCUT2D eigenvalue weighted by Crippen LogP contribution is -2.17. The second-order valence-electron chi connectivity index (χ2n) is 7.29. The Bertz CT molecular complexity index is 1150. The van der Waals surface area contributed by atoms with E-state index >= 15 is 0 Å². The van der Waals surface area contributed by atoms with E-state index in [1.165, 1.54) is 0 Å². The lowest BCUT2D eigenvalue weighted by atomic mass is 10.1. The highest BCUT2D eigenvalue weighted by Gasteiger charge is 2.43. The van der Waals surface area contributed by atoms with Crippen LogP contribution < -0.4 is 10.2 Å². The van der Waals surface area contributed by atoms with E-state index in [9.17, 15) is 9.18 Å². The topological polar surface area (TPSA) is 86.8 Å². The number of nitrogens with one attached hydrogen (secondary N) is 1. The van der Waals surface area contributed by atoms with Gasteiger partial charge in [-0.15, -0.1) is 0 Å². The molecule has 148 valence electrons. The molecule has 29 heavy (non-hydrogen) atoms. The van der Waals surface area contributed by atoms with Crippen molar-refractivity contribution in [2.75, 3.05) is 17.3 Å². The van der Waals surface area contributed by atoms with Gasteiger partial charge >= 0.3 is 0 Å². The van der Waals surface area contributed by atoms with Gasteiger partial charge in [0.05, 0.1) is 35.3 Å². The van der Waals surface area contributed by atoms with E-state index in [1.807, 2.05) is 42.6 Å². The minimum atomic E-state index is -1.06. The molecule has 2 heterocycles. The Morgan fingerprint density at radius 1 is 1.41 bits per heavy atom. The van der Waals surface area contributed by atoms with Gasteiger partial charge in [-0.3, -0.25) is 4.79 Å². The van der Waals surface area contributed by atoms with Crippen LogP contribution in [-0.2, 0) is 18.3 Å². The van der Waals surface area contributed by atoms with Crippen molar-refractivity contribution in [3.63, 3.8) is 0 Å². The van der Waals surface area contributed by atoms with Crippen LogP contribution in [0.1, 0.15) is 24.6 Å². The Hall–Kier alpha value is -3.47. The molecule has 1 N–H and O–H groups in total. The van der Waals surface area contributed by atoms with Gasteiger partial charge in [0.2, 0.25) is 5.91 Å². The van der Waals surface area contributed by atoms with E-state index < -0.39 is 12.1 Å². The number of imidazole rings is 1. The van der Waals surface area contributed by atoms with Gasteiger partial charge in [0, 0.05) is 19.8 Å². The summed E-state index contributed by atoms with van der Waals surface area (Å²) in [5.41, 5.74) is 5.11. The molecule has 3 aromatic rings. The number of hydrogen-bond donors (Lipinski definition) is 1. The molecule has 7 nitrogen and oxygen atoms in total. The number of pyridine rings is 1. The molecule has 8 heteroatoms. The van der Waals surface area contributed by atoms with Gasteiger partial charge in [-0.05, 0) is 36.6 Å². The molecule has 1 aliphatic carbocycles. The molecular weight excluding hydrogens is 371 g/mol. The zero-order valence-electron chi connectivity index (χ0n) is 16.5. The highest BCUT2D eigenvalue weighted by molar-refractivity contribution is 6.03. The molecule has 4 rings (SSSR count). The summed E-state index contributed by atoms with van der Waals surface area (Å²) in [4.78, 5) is 22.9. The third-order valence-corrected chi connectivity index (χ3v) is 5.33. The molecule has 0 bridgehead atoms. The number of anilines is 3. The van der Waals surface area contributed by atoms with Gasteiger partial charge < -0.3 is 14.8 Å². The van der Waals surface area contributed by atoms with Crippen LogP contribution >= 0.6 is 0 Å². The molecule has 2 atom stereocenters. The van der Waals surface area contributed by atoms with Crippen molar-refractivity contribution in [1.29, 1.82) is 5.26 Å². The zero-order valence-corrected chi connectivity index (χ0v) is 16.5. The number of halogens is 1.